The monoisotopic (exact) mass is 299 g/mol. The van der Waals surface area contributed by atoms with E-state index in [4.69, 9.17) is 16.3 Å². The number of aromatic nitrogens is 3. The van der Waals surface area contributed by atoms with E-state index in [1.165, 1.54) is 6.07 Å². The Morgan fingerprint density at radius 3 is 2.79 bits per heavy atom. The van der Waals surface area contributed by atoms with E-state index in [1.807, 2.05) is 6.92 Å². The molecule has 4 nitrogen and oxygen atoms in total. The number of halogens is 2. The molecule has 0 N–H and O–H groups in total. The zero-order valence-electron chi connectivity index (χ0n) is 10.1. The molecule has 0 atom stereocenters. The summed E-state index contributed by atoms with van der Waals surface area (Å²) in [5, 5.41) is 0.330. The van der Waals surface area contributed by atoms with Crippen LogP contribution in [0.5, 0.6) is 6.01 Å². The first-order valence-electron chi connectivity index (χ1n) is 5.66. The molecular formula is C12H11ClFN3OS. The van der Waals surface area contributed by atoms with E-state index < -0.39 is 0 Å². The summed E-state index contributed by atoms with van der Waals surface area (Å²) >= 11 is 6.86. The van der Waals surface area contributed by atoms with Crippen LogP contribution < -0.4 is 4.74 Å². The molecule has 0 saturated carbocycles. The lowest BCUT2D eigenvalue weighted by molar-refractivity contribution is 0.288. The van der Waals surface area contributed by atoms with Gasteiger partial charge in [0.2, 0.25) is 5.28 Å². The van der Waals surface area contributed by atoms with Gasteiger partial charge in [-0.2, -0.15) is 15.0 Å². The van der Waals surface area contributed by atoms with Crippen molar-refractivity contribution in [3.63, 3.8) is 0 Å². The Hall–Kier alpha value is -1.40. The van der Waals surface area contributed by atoms with Crippen molar-refractivity contribution in [2.45, 2.75) is 23.4 Å². The summed E-state index contributed by atoms with van der Waals surface area (Å²) in [6.45, 7) is 2.46. The Balaban J connectivity index is 2.20. The molecule has 0 unspecified atom stereocenters. The van der Waals surface area contributed by atoms with E-state index in [0.717, 1.165) is 18.2 Å². The molecule has 0 fully saturated rings. The van der Waals surface area contributed by atoms with Crippen LogP contribution in [0.1, 0.15) is 13.3 Å². The van der Waals surface area contributed by atoms with Gasteiger partial charge in [-0.25, -0.2) is 4.39 Å². The van der Waals surface area contributed by atoms with Crippen LogP contribution in [0.4, 0.5) is 4.39 Å². The molecule has 0 saturated heterocycles. The number of hydrogen-bond donors (Lipinski definition) is 0. The summed E-state index contributed by atoms with van der Waals surface area (Å²) in [4.78, 5) is 12.3. The third kappa shape index (κ3) is 4.04. The molecule has 0 spiro atoms. The second kappa shape index (κ2) is 6.68. The maximum Gasteiger partial charge on any atom is 0.321 e. The van der Waals surface area contributed by atoms with Crippen LogP contribution in [-0.2, 0) is 0 Å². The Morgan fingerprint density at radius 1 is 1.26 bits per heavy atom. The molecule has 0 aliphatic heterocycles. The van der Waals surface area contributed by atoms with Crippen molar-refractivity contribution in [1.82, 2.24) is 15.0 Å². The average Bonchev–Trinajstić information content (AvgIpc) is 2.38. The van der Waals surface area contributed by atoms with Crippen LogP contribution in [0.15, 0.2) is 34.3 Å². The smallest absolute Gasteiger partial charge is 0.321 e. The molecule has 0 radical (unpaired) electrons. The Kier molecular flexibility index (Phi) is 4.93. The van der Waals surface area contributed by atoms with Crippen LogP contribution in [0.25, 0.3) is 0 Å². The number of nitrogens with zero attached hydrogens (tertiary/aromatic N) is 3. The van der Waals surface area contributed by atoms with E-state index in [0.29, 0.717) is 16.7 Å². The molecule has 1 aromatic heterocycles. The molecule has 0 aliphatic rings. The highest BCUT2D eigenvalue weighted by Crippen LogP contribution is 2.28. The highest BCUT2D eigenvalue weighted by Gasteiger charge is 2.10. The van der Waals surface area contributed by atoms with E-state index in [1.54, 1.807) is 18.2 Å². The zero-order chi connectivity index (χ0) is 13.7. The topological polar surface area (TPSA) is 47.9 Å². The van der Waals surface area contributed by atoms with Crippen molar-refractivity contribution < 1.29 is 9.13 Å². The van der Waals surface area contributed by atoms with Gasteiger partial charge in [0.15, 0.2) is 5.16 Å². The lowest BCUT2D eigenvalue weighted by Crippen LogP contribution is -2.02. The zero-order valence-corrected chi connectivity index (χ0v) is 11.7. The minimum absolute atomic E-state index is 0.0277. The molecule has 2 rings (SSSR count). The summed E-state index contributed by atoms with van der Waals surface area (Å²) in [5.74, 6) is -0.333. The Bertz CT molecular complexity index is 570. The SMILES string of the molecule is CCCOc1nc(Cl)nc(Sc2ccccc2F)n1. The highest BCUT2D eigenvalue weighted by atomic mass is 35.5. The van der Waals surface area contributed by atoms with Gasteiger partial charge in [0, 0.05) is 0 Å². The van der Waals surface area contributed by atoms with Gasteiger partial charge in [-0.1, -0.05) is 19.1 Å². The Morgan fingerprint density at radius 2 is 2.05 bits per heavy atom. The second-order valence-electron chi connectivity index (χ2n) is 3.55. The van der Waals surface area contributed by atoms with Gasteiger partial charge in [0.1, 0.15) is 5.82 Å². The first kappa shape index (κ1) is 14.0. The molecule has 1 aromatic carbocycles. The van der Waals surface area contributed by atoms with Gasteiger partial charge in [-0.05, 0) is 41.9 Å². The number of rotatable bonds is 5. The number of benzene rings is 1. The largest absolute Gasteiger partial charge is 0.463 e. The summed E-state index contributed by atoms with van der Waals surface area (Å²) in [5.41, 5.74) is 0. The number of ether oxygens (including phenoxy) is 1. The minimum Gasteiger partial charge on any atom is -0.463 e. The molecule has 0 bridgehead atoms. The van der Waals surface area contributed by atoms with Gasteiger partial charge in [-0.3, -0.25) is 0 Å². The van der Waals surface area contributed by atoms with E-state index in [9.17, 15) is 4.39 Å². The van der Waals surface area contributed by atoms with Gasteiger partial charge < -0.3 is 4.74 Å². The molecular weight excluding hydrogens is 289 g/mol. The minimum atomic E-state index is -0.333. The van der Waals surface area contributed by atoms with Gasteiger partial charge in [-0.15, -0.1) is 0 Å². The number of hydrogen-bond acceptors (Lipinski definition) is 5. The van der Waals surface area contributed by atoms with E-state index in [2.05, 4.69) is 15.0 Å². The lowest BCUT2D eigenvalue weighted by atomic mass is 10.4. The van der Waals surface area contributed by atoms with Gasteiger partial charge in [0.05, 0.1) is 11.5 Å². The average molecular weight is 300 g/mol. The standard InChI is InChI=1S/C12H11ClFN3OS/c1-2-7-18-11-15-10(13)16-12(17-11)19-9-6-4-3-5-8(9)14/h3-6H,2,7H2,1H3. The van der Waals surface area contributed by atoms with Gasteiger partial charge in [0.25, 0.3) is 0 Å². The molecule has 100 valence electrons. The fraction of sp³-hybridized carbons (Fsp3) is 0.250. The van der Waals surface area contributed by atoms with Gasteiger partial charge >= 0.3 is 6.01 Å². The van der Waals surface area contributed by atoms with Crippen LogP contribution in [-0.4, -0.2) is 21.6 Å². The fourth-order valence-electron chi connectivity index (χ4n) is 1.24. The van der Waals surface area contributed by atoms with Crippen LogP contribution >= 0.6 is 23.4 Å². The molecule has 19 heavy (non-hydrogen) atoms. The molecule has 0 amide bonds. The molecule has 7 heteroatoms. The predicted molar refractivity (Wildman–Crippen MR) is 71.1 cm³/mol. The van der Waals surface area contributed by atoms with Crippen LogP contribution in [0, 0.1) is 5.82 Å². The first-order valence-corrected chi connectivity index (χ1v) is 6.85. The normalized spacial score (nSPS) is 10.5. The third-order valence-corrected chi connectivity index (χ3v) is 3.13. The summed E-state index contributed by atoms with van der Waals surface area (Å²) in [6.07, 6.45) is 0.832. The molecule has 0 aliphatic carbocycles. The quantitative estimate of drug-likeness (QED) is 0.844. The predicted octanol–water partition coefficient (Wildman–Crippen LogP) is 3.60. The first-order chi connectivity index (χ1) is 9.19. The van der Waals surface area contributed by atoms with Crippen molar-refractivity contribution in [3.05, 3.63) is 35.4 Å². The van der Waals surface area contributed by atoms with E-state index in [-0.39, 0.29) is 17.1 Å². The summed E-state index contributed by atoms with van der Waals surface area (Å²) < 4.78 is 18.8. The molecule has 2 aromatic rings. The van der Waals surface area contributed by atoms with Crippen molar-refractivity contribution in [2.75, 3.05) is 6.61 Å². The Labute approximate surface area is 119 Å². The highest BCUT2D eigenvalue weighted by molar-refractivity contribution is 7.99. The van der Waals surface area contributed by atoms with Crippen molar-refractivity contribution >= 4 is 23.4 Å². The maximum atomic E-state index is 13.5. The second-order valence-corrected chi connectivity index (χ2v) is 4.90. The summed E-state index contributed by atoms with van der Waals surface area (Å²) in [6, 6.07) is 6.53. The van der Waals surface area contributed by atoms with E-state index >= 15 is 0 Å². The van der Waals surface area contributed by atoms with Crippen molar-refractivity contribution in [1.29, 1.82) is 0 Å². The fourth-order valence-corrected chi connectivity index (χ4v) is 2.21. The van der Waals surface area contributed by atoms with Crippen LogP contribution in [0.3, 0.4) is 0 Å². The third-order valence-electron chi connectivity index (χ3n) is 2.04. The van der Waals surface area contributed by atoms with Crippen molar-refractivity contribution in [3.8, 4) is 6.01 Å². The lowest BCUT2D eigenvalue weighted by Gasteiger charge is -2.05. The summed E-state index contributed by atoms with van der Waals surface area (Å²) in [7, 11) is 0. The van der Waals surface area contributed by atoms with Crippen molar-refractivity contribution in [2.24, 2.45) is 0 Å². The maximum absolute atomic E-state index is 13.5. The molecule has 1 heterocycles. The van der Waals surface area contributed by atoms with Crippen LogP contribution in [0.2, 0.25) is 5.28 Å².